The maximum atomic E-state index is 11.1. The van der Waals surface area contributed by atoms with Gasteiger partial charge in [0, 0.05) is 27.2 Å². The van der Waals surface area contributed by atoms with Crippen LogP contribution in [0.3, 0.4) is 0 Å². The summed E-state index contributed by atoms with van der Waals surface area (Å²) >= 11 is 0. The lowest BCUT2D eigenvalue weighted by Gasteiger charge is -2.46. The van der Waals surface area contributed by atoms with Crippen molar-refractivity contribution < 1.29 is 63.5 Å². The lowest BCUT2D eigenvalue weighted by atomic mass is 9.97. The van der Waals surface area contributed by atoms with E-state index < -0.39 is 68.0 Å². The first kappa shape index (κ1) is 32.2. The van der Waals surface area contributed by atoms with Crippen molar-refractivity contribution in [1.82, 2.24) is 0 Å². The highest BCUT2D eigenvalue weighted by atomic mass is 16.8. The van der Waals surface area contributed by atoms with Gasteiger partial charge >= 0.3 is 5.97 Å². The highest BCUT2D eigenvalue weighted by Gasteiger charge is 2.51. The minimum atomic E-state index is -1.60. The third kappa shape index (κ3) is 9.32. The van der Waals surface area contributed by atoms with Gasteiger partial charge in [0.05, 0.1) is 20.3 Å². The van der Waals surface area contributed by atoms with Crippen LogP contribution in [0.15, 0.2) is 0 Å². The molecule has 0 radical (unpaired) electrons. The molecule has 13 nitrogen and oxygen atoms in total. The average molecular weight is 541 g/mol. The molecule has 37 heavy (non-hydrogen) atoms. The SMILES string of the molecule is COC[C@H]1O[C@H](O[C@H]2[C@@H](OCCCCCCCCC(=O)OC)O[C@H](CO)[C@@H](O)[C@@H]2OC)[C@H](O)[C@@H](O)[C@@H]1O. The normalized spacial score (nSPS) is 36.4. The number of aliphatic hydroxyl groups excluding tert-OH is 5. The molecular formula is C24H44O13. The second-order valence-electron chi connectivity index (χ2n) is 9.31. The topological polar surface area (TPSA) is 183 Å². The maximum absolute atomic E-state index is 11.1. The van der Waals surface area contributed by atoms with Crippen LogP contribution in [0.25, 0.3) is 0 Å². The van der Waals surface area contributed by atoms with Crippen LogP contribution in [0.1, 0.15) is 44.9 Å². The van der Waals surface area contributed by atoms with Crippen molar-refractivity contribution in [2.24, 2.45) is 0 Å². The summed E-state index contributed by atoms with van der Waals surface area (Å²) in [7, 11) is 4.13. The van der Waals surface area contributed by atoms with Crippen LogP contribution < -0.4 is 0 Å². The van der Waals surface area contributed by atoms with Crippen LogP contribution in [0.5, 0.6) is 0 Å². The van der Waals surface area contributed by atoms with Crippen LogP contribution in [-0.2, 0) is 38.0 Å². The highest BCUT2D eigenvalue weighted by molar-refractivity contribution is 5.68. The standard InChI is InChI=1S/C24H44O13/c1-31-13-15-17(27)19(29)20(30)23(36-15)37-22-21(33-3)18(28)14(12-25)35-24(22)34-11-9-7-5-4-6-8-10-16(26)32-2/h14-15,17-25,27-30H,4-13H2,1-3H3/t14-,15-,17-,18-,19+,20-,21+,22-,23-,24+/m1/s1. The molecule has 0 spiro atoms. The zero-order valence-corrected chi connectivity index (χ0v) is 21.8. The molecule has 218 valence electrons. The Bertz CT molecular complexity index is 638. The number of esters is 1. The maximum Gasteiger partial charge on any atom is 0.305 e. The van der Waals surface area contributed by atoms with E-state index in [0.29, 0.717) is 19.4 Å². The first-order valence-electron chi connectivity index (χ1n) is 12.8. The zero-order chi connectivity index (χ0) is 27.4. The van der Waals surface area contributed by atoms with Gasteiger partial charge in [-0.2, -0.15) is 0 Å². The van der Waals surface area contributed by atoms with Gasteiger partial charge in [-0.25, -0.2) is 0 Å². The Morgan fingerprint density at radius 2 is 1.41 bits per heavy atom. The van der Waals surface area contributed by atoms with Gasteiger partial charge in [-0.05, 0) is 12.8 Å². The Morgan fingerprint density at radius 1 is 0.757 bits per heavy atom. The van der Waals surface area contributed by atoms with Gasteiger partial charge in [0.1, 0.15) is 48.8 Å². The number of ether oxygens (including phenoxy) is 7. The Hall–Kier alpha value is -0.970. The highest BCUT2D eigenvalue weighted by Crippen LogP contribution is 2.31. The second-order valence-corrected chi connectivity index (χ2v) is 9.31. The molecule has 5 N–H and O–H groups in total. The van der Waals surface area contributed by atoms with Gasteiger partial charge in [-0.1, -0.05) is 25.7 Å². The van der Waals surface area contributed by atoms with Crippen LogP contribution >= 0.6 is 0 Å². The van der Waals surface area contributed by atoms with Gasteiger partial charge in [0.25, 0.3) is 0 Å². The van der Waals surface area contributed by atoms with Crippen LogP contribution in [0.2, 0.25) is 0 Å². The third-order valence-corrected chi connectivity index (χ3v) is 6.65. The van der Waals surface area contributed by atoms with Crippen molar-refractivity contribution in [2.45, 2.75) is 106 Å². The summed E-state index contributed by atoms with van der Waals surface area (Å²) in [6.07, 6.45) is -6.73. The van der Waals surface area contributed by atoms with Crippen molar-refractivity contribution in [1.29, 1.82) is 0 Å². The van der Waals surface area contributed by atoms with Crippen LogP contribution in [0, 0.1) is 0 Å². The molecule has 10 atom stereocenters. The molecule has 0 saturated carbocycles. The molecular weight excluding hydrogens is 496 g/mol. The smallest absolute Gasteiger partial charge is 0.305 e. The summed E-state index contributed by atoms with van der Waals surface area (Å²) in [5.74, 6) is -0.204. The Balaban J connectivity index is 1.94. The molecule has 13 heteroatoms. The summed E-state index contributed by atoms with van der Waals surface area (Å²) in [4.78, 5) is 11.1. The summed E-state index contributed by atoms with van der Waals surface area (Å²) in [6.45, 7) is -0.251. The lowest BCUT2D eigenvalue weighted by Crippen LogP contribution is -2.65. The predicted octanol–water partition coefficient (Wildman–Crippen LogP) is -1.16. The van der Waals surface area contributed by atoms with Crippen molar-refractivity contribution in [3.63, 3.8) is 0 Å². The fourth-order valence-corrected chi connectivity index (χ4v) is 4.46. The molecule has 2 saturated heterocycles. The van der Waals surface area contributed by atoms with Gasteiger partial charge in [-0.15, -0.1) is 0 Å². The molecule has 2 aliphatic rings. The molecule has 0 aromatic carbocycles. The number of rotatable bonds is 16. The average Bonchev–Trinajstić information content (AvgIpc) is 2.90. The van der Waals surface area contributed by atoms with E-state index in [1.807, 2.05) is 0 Å². The predicted molar refractivity (Wildman–Crippen MR) is 126 cm³/mol. The summed E-state index contributed by atoms with van der Waals surface area (Å²) in [6, 6.07) is 0. The first-order chi connectivity index (χ1) is 17.8. The minimum absolute atomic E-state index is 0.0580. The molecule has 0 aromatic heterocycles. The molecule has 2 heterocycles. The van der Waals surface area contributed by atoms with E-state index in [1.54, 1.807) is 0 Å². The van der Waals surface area contributed by atoms with E-state index in [1.165, 1.54) is 21.3 Å². The van der Waals surface area contributed by atoms with E-state index in [4.69, 9.17) is 28.4 Å². The summed E-state index contributed by atoms with van der Waals surface area (Å²) < 4.78 is 38.3. The number of unbranched alkanes of at least 4 members (excludes halogenated alkanes) is 5. The largest absolute Gasteiger partial charge is 0.469 e. The molecule has 0 amide bonds. The second kappa shape index (κ2) is 16.9. The molecule has 0 aliphatic carbocycles. The van der Waals surface area contributed by atoms with Crippen molar-refractivity contribution >= 4 is 5.97 Å². The first-order valence-corrected chi connectivity index (χ1v) is 12.8. The van der Waals surface area contributed by atoms with Crippen LogP contribution in [-0.4, -0.2) is 134 Å². The third-order valence-electron chi connectivity index (χ3n) is 6.65. The van der Waals surface area contributed by atoms with Crippen LogP contribution in [0.4, 0.5) is 0 Å². The molecule has 0 aromatic rings. The number of aliphatic hydroxyl groups is 5. The van der Waals surface area contributed by atoms with Gasteiger partial charge in [-0.3, -0.25) is 4.79 Å². The number of hydrogen-bond donors (Lipinski definition) is 5. The van der Waals surface area contributed by atoms with E-state index >= 15 is 0 Å². The Kier molecular flexibility index (Phi) is 14.7. The molecule has 2 fully saturated rings. The number of carbonyl (C=O) groups is 1. The fourth-order valence-electron chi connectivity index (χ4n) is 4.46. The van der Waals surface area contributed by atoms with Gasteiger partial charge in [0.15, 0.2) is 12.6 Å². The number of carbonyl (C=O) groups excluding carboxylic acids is 1. The van der Waals surface area contributed by atoms with E-state index in [-0.39, 0.29) is 12.6 Å². The molecule has 2 aliphatic heterocycles. The van der Waals surface area contributed by atoms with Gasteiger partial charge in [0.2, 0.25) is 0 Å². The molecule has 0 unspecified atom stereocenters. The summed E-state index contributed by atoms with van der Waals surface area (Å²) in [5.41, 5.74) is 0. The number of methoxy groups -OCH3 is 3. The minimum Gasteiger partial charge on any atom is -0.469 e. The molecule has 2 rings (SSSR count). The lowest BCUT2D eigenvalue weighted by molar-refractivity contribution is -0.369. The monoisotopic (exact) mass is 540 g/mol. The van der Waals surface area contributed by atoms with Crippen molar-refractivity contribution in [3.05, 3.63) is 0 Å². The van der Waals surface area contributed by atoms with Crippen molar-refractivity contribution in [3.8, 4) is 0 Å². The summed E-state index contributed by atoms with van der Waals surface area (Å²) in [5, 5.41) is 51.2. The zero-order valence-electron chi connectivity index (χ0n) is 21.8. The van der Waals surface area contributed by atoms with Gasteiger partial charge < -0.3 is 58.7 Å². The number of hydrogen-bond acceptors (Lipinski definition) is 13. The molecule has 0 bridgehead atoms. The van der Waals surface area contributed by atoms with E-state index in [9.17, 15) is 30.3 Å². The fraction of sp³-hybridized carbons (Fsp3) is 0.958. The van der Waals surface area contributed by atoms with Crippen molar-refractivity contribution in [2.75, 3.05) is 41.2 Å². The Morgan fingerprint density at radius 3 is 2.03 bits per heavy atom. The quantitative estimate of drug-likeness (QED) is 0.117. The van der Waals surface area contributed by atoms with E-state index in [0.717, 1.165) is 32.1 Å². The Labute approximate surface area is 217 Å². The van der Waals surface area contributed by atoms with E-state index in [2.05, 4.69) is 4.74 Å².